The highest BCUT2D eigenvalue weighted by atomic mass is 19.3. The van der Waals surface area contributed by atoms with Crippen LogP contribution in [-0.2, 0) is 9.53 Å². The molecule has 1 amide bonds. The number of Topliss-reactive ketones (excluding diaryl/α,β-unsaturated/α-hetero) is 1. The van der Waals surface area contributed by atoms with E-state index in [4.69, 9.17) is 4.74 Å². The van der Waals surface area contributed by atoms with Gasteiger partial charge in [0.1, 0.15) is 17.2 Å². The molecule has 2 aliphatic rings. The first-order chi connectivity index (χ1) is 16.0. The molecule has 5 rings (SSSR count). The number of carbonyl (C=O) groups is 2. The zero-order chi connectivity index (χ0) is 22.9. The summed E-state index contributed by atoms with van der Waals surface area (Å²) in [6, 6.07) is 1.65. The van der Waals surface area contributed by atoms with Crippen LogP contribution < -0.4 is 10.2 Å². The van der Waals surface area contributed by atoms with Crippen molar-refractivity contribution in [3.63, 3.8) is 0 Å². The van der Waals surface area contributed by atoms with Gasteiger partial charge in [0.2, 0.25) is 0 Å². The largest absolute Gasteiger partial charge is 0.378 e. The molecular formula is C21H23F2N7O3. The van der Waals surface area contributed by atoms with E-state index in [9.17, 15) is 18.4 Å². The molecule has 1 saturated carbocycles. The zero-order valence-corrected chi connectivity index (χ0v) is 17.8. The molecule has 0 atom stereocenters. The van der Waals surface area contributed by atoms with Crippen LogP contribution in [-0.4, -0.2) is 62.4 Å². The maximum absolute atomic E-state index is 13.6. The van der Waals surface area contributed by atoms with Gasteiger partial charge in [-0.2, -0.15) is 10.2 Å². The summed E-state index contributed by atoms with van der Waals surface area (Å²) in [5.41, 5.74) is -0.0658. The number of ether oxygens (including phenoxy) is 1. The van der Waals surface area contributed by atoms with E-state index in [0.717, 1.165) is 0 Å². The van der Waals surface area contributed by atoms with E-state index in [1.54, 1.807) is 12.3 Å². The Hall–Kier alpha value is -3.41. The van der Waals surface area contributed by atoms with Crippen molar-refractivity contribution in [2.24, 2.45) is 0 Å². The molecule has 174 valence electrons. The van der Waals surface area contributed by atoms with Crippen LogP contribution in [0.3, 0.4) is 0 Å². The van der Waals surface area contributed by atoms with E-state index >= 15 is 0 Å². The molecule has 10 nitrogen and oxygen atoms in total. The average Bonchev–Trinajstić information content (AvgIpc) is 3.44. The van der Waals surface area contributed by atoms with E-state index in [1.807, 2.05) is 4.90 Å². The topological polar surface area (TPSA) is 107 Å². The molecule has 0 bridgehead atoms. The van der Waals surface area contributed by atoms with Crippen LogP contribution in [0, 0.1) is 0 Å². The summed E-state index contributed by atoms with van der Waals surface area (Å²) in [7, 11) is 0. The fourth-order valence-electron chi connectivity index (χ4n) is 4.22. The SMILES string of the molecule is O=C1CCC(n2cc(NC(=O)c3cnn4ccc(N5CCOCC5)nc34)c(C(F)F)n2)CC1. The first kappa shape index (κ1) is 21.4. The van der Waals surface area contributed by atoms with Gasteiger partial charge in [-0.3, -0.25) is 14.3 Å². The average molecular weight is 459 g/mol. The second-order valence-electron chi connectivity index (χ2n) is 8.14. The Morgan fingerprint density at radius 1 is 1.21 bits per heavy atom. The predicted octanol–water partition coefficient (Wildman–Crippen LogP) is 2.64. The molecule has 33 heavy (non-hydrogen) atoms. The minimum Gasteiger partial charge on any atom is -0.378 e. The number of nitrogens with zero attached hydrogens (tertiary/aromatic N) is 6. The number of amides is 1. The van der Waals surface area contributed by atoms with Crippen molar-refractivity contribution in [1.29, 1.82) is 0 Å². The highest BCUT2D eigenvalue weighted by Gasteiger charge is 2.27. The van der Waals surface area contributed by atoms with Crippen molar-refractivity contribution in [3.05, 3.63) is 35.9 Å². The molecular weight excluding hydrogens is 436 g/mol. The molecule has 3 aromatic rings. The van der Waals surface area contributed by atoms with E-state index in [-0.39, 0.29) is 23.1 Å². The van der Waals surface area contributed by atoms with Gasteiger partial charge in [0, 0.05) is 38.3 Å². The molecule has 3 aromatic heterocycles. The third-order valence-corrected chi connectivity index (χ3v) is 6.04. The molecule has 1 N–H and O–H groups in total. The Labute approximate surface area is 187 Å². The number of alkyl halides is 2. The second-order valence-corrected chi connectivity index (χ2v) is 8.14. The Morgan fingerprint density at radius 3 is 2.70 bits per heavy atom. The number of fused-ring (bicyclic) bond motifs is 1. The van der Waals surface area contributed by atoms with Crippen LogP contribution in [0.2, 0.25) is 0 Å². The maximum Gasteiger partial charge on any atom is 0.284 e. The predicted molar refractivity (Wildman–Crippen MR) is 114 cm³/mol. The van der Waals surface area contributed by atoms with Crippen molar-refractivity contribution in [2.45, 2.75) is 38.2 Å². The molecule has 4 heterocycles. The number of aromatic nitrogens is 5. The Balaban J connectivity index is 1.40. The Morgan fingerprint density at radius 2 is 1.97 bits per heavy atom. The quantitative estimate of drug-likeness (QED) is 0.625. The van der Waals surface area contributed by atoms with E-state index < -0.39 is 18.0 Å². The molecule has 0 spiro atoms. The smallest absolute Gasteiger partial charge is 0.284 e. The minimum absolute atomic E-state index is 0.0596. The number of halogens is 2. The Bertz CT molecular complexity index is 1180. The summed E-state index contributed by atoms with van der Waals surface area (Å²) in [4.78, 5) is 31.1. The third kappa shape index (κ3) is 4.30. The first-order valence-corrected chi connectivity index (χ1v) is 10.9. The normalized spacial score (nSPS) is 17.8. The monoisotopic (exact) mass is 459 g/mol. The lowest BCUT2D eigenvalue weighted by Crippen LogP contribution is -2.36. The number of rotatable bonds is 5. The van der Waals surface area contributed by atoms with E-state index in [1.165, 1.54) is 21.6 Å². The maximum atomic E-state index is 13.6. The summed E-state index contributed by atoms with van der Waals surface area (Å²) in [6.07, 6.45) is 3.50. The standard InChI is InChI=1S/C21H23F2N7O3/c22-19(23)18-16(12-30(27-18)13-1-3-14(31)4-2-13)25-21(32)15-11-24-29-6-5-17(26-20(15)29)28-7-9-33-10-8-28/h5-6,11-13,19H,1-4,7-10H2,(H,25,32). The van der Waals surface area contributed by atoms with E-state index in [0.29, 0.717) is 63.5 Å². The summed E-state index contributed by atoms with van der Waals surface area (Å²) < 4.78 is 35.6. The van der Waals surface area contributed by atoms with Gasteiger partial charge in [-0.25, -0.2) is 18.3 Å². The molecule has 2 fully saturated rings. The lowest BCUT2D eigenvalue weighted by Gasteiger charge is -2.27. The third-order valence-electron chi connectivity index (χ3n) is 6.04. The number of morpholine rings is 1. The molecule has 1 aliphatic carbocycles. The van der Waals surface area contributed by atoms with Crippen molar-refractivity contribution in [1.82, 2.24) is 24.4 Å². The fourth-order valence-corrected chi connectivity index (χ4v) is 4.22. The van der Waals surface area contributed by atoms with Crippen molar-refractivity contribution in [2.75, 3.05) is 36.5 Å². The lowest BCUT2D eigenvalue weighted by atomic mass is 9.95. The lowest BCUT2D eigenvalue weighted by molar-refractivity contribution is -0.120. The van der Waals surface area contributed by atoms with Gasteiger partial charge in [-0.1, -0.05) is 0 Å². The Kier molecular flexibility index (Phi) is 5.75. The van der Waals surface area contributed by atoms with Gasteiger partial charge >= 0.3 is 0 Å². The highest BCUT2D eigenvalue weighted by Crippen LogP contribution is 2.32. The van der Waals surface area contributed by atoms with Gasteiger partial charge in [-0.05, 0) is 18.9 Å². The fraction of sp³-hybridized carbons (Fsp3) is 0.476. The van der Waals surface area contributed by atoms with Crippen molar-refractivity contribution >= 4 is 28.8 Å². The summed E-state index contributed by atoms with van der Waals surface area (Å²) >= 11 is 0. The molecule has 1 saturated heterocycles. The summed E-state index contributed by atoms with van der Waals surface area (Å²) in [6.45, 7) is 2.55. The number of nitrogens with one attached hydrogen (secondary N) is 1. The zero-order valence-electron chi connectivity index (χ0n) is 17.8. The van der Waals surface area contributed by atoms with Gasteiger partial charge in [-0.15, -0.1) is 0 Å². The molecule has 12 heteroatoms. The first-order valence-electron chi connectivity index (χ1n) is 10.9. The van der Waals surface area contributed by atoms with Crippen molar-refractivity contribution < 1.29 is 23.1 Å². The van der Waals surface area contributed by atoms with Crippen LogP contribution in [0.5, 0.6) is 0 Å². The number of carbonyl (C=O) groups excluding carboxylic acids is 2. The van der Waals surface area contributed by atoms with Crippen LogP contribution in [0.1, 0.15) is 54.2 Å². The molecule has 0 aromatic carbocycles. The summed E-state index contributed by atoms with van der Waals surface area (Å²) in [5.74, 6) is 0.253. The molecule has 0 radical (unpaired) electrons. The van der Waals surface area contributed by atoms with Crippen LogP contribution in [0.15, 0.2) is 24.7 Å². The highest BCUT2D eigenvalue weighted by molar-refractivity contribution is 6.08. The van der Waals surface area contributed by atoms with Crippen LogP contribution in [0.4, 0.5) is 20.3 Å². The minimum atomic E-state index is -2.86. The van der Waals surface area contributed by atoms with Crippen molar-refractivity contribution in [3.8, 4) is 0 Å². The summed E-state index contributed by atoms with van der Waals surface area (Å²) in [5, 5.41) is 10.7. The van der Waals surface area contributed by atoms with Gasteiger partial charge in [0.25, 0.3) is 12.3 Å². The second kappa shape index (κ2) is 8.85. The number of hydrogen-bond donors (Lipinski definition) is 1. The number of anilines is 2. The number of hydrogen-bond acceptors (Lipinski definition) is 7. The van der Waals surface area contributed by atoms with Gasteiger partial charge < -0.3 is 15.0 Å². The molecule has 0 unspecified atom stereocenters. The van der Waals surface area contributed by atoms with Gasteiger partial charge in [0.15, 0.2) is 11.3 Å². The molecule has 1 aliphatic heterocycles. The van der Waals surface area contributed by atoms with Gasteiger partial charge in [0.05, 0.1) is 31.1 Å². The number of ketones is 1. The van der Waals surface area contributed by atoms with Crippen LogP contribution >= 0.6 is 0 Å². The van der Waals surface area contributed by atoms with E-state index in [2.05, 4.69) is 20.5 Å². The van der Waals surface area contributed by atoms with Crippen LogP contribution in [0.25, 0.3) is 5.65 Å².